The largest absolute Gasteiger partial charge is 0.496 e. The lowest BCUT2D eigenvalue weighted by atomic mass is 10.1. The van der Waals surface area contributed by atoms with Crippen LogP contribution in [0.2, 0.25) is 0 Å². The van der Waals surface area contributed by atoms with Crippen LogP contribution in [0.3, 0.4) is 0 Å². The highest BCUT2D eigenvalue weighted by Gasteiger charge is 2.16. The molecule has 102 valence electrons. The second-order valence-electron chi connectivity index (χ2n) is 3.99. The minimum atomic E-state index is 0.576. The van der Waals surface area contributed by atoms with Crippen LogP contribution in [0, 0.1) is 0 Å². The topological polar surface area (TPSA) is 71.5 Å². The number of aromatic nitrogens is 2. The first-order valence-corrected chi connectivity index (χ1v) is 5.70. The summed E-state index contributed by atoms with van der Waals surface area (Å²) >= 11 is 0. The van der Waals surface area contributed by atoms with Gasteiger partial charge in [0.2, 0.25) is 0 Å². The third-order valence-corrected chi connectivity index (χ3v) is 2.90. The Morgan fingerprint density at radius 2 is 1.53 bits per heavy atom. The normalized spacial score (nSPS) is 10.3. The summed E-state index contributed by atoms with van der Waals surface area (Å²) in [6.45, 7) is 0. The molecule has 0 atom stereocenters. The number of nitrogens with zero attached hydrogens (tertiary/aromatic N) is 2. The lowest BCUT2D eigenvalue weighted by Crippen LogP contribution is -1.97. The van der Waals surface area contributed by atoms with Crippen LogP contribution in [0.5, 0.6) is 17.2 Å². The summed E-state index contributed by atoms with van der Waals surface area (Å²) in [6.07, 6.45) is 0. The Balaban J connectivity index is 2.61. The molecule has 2 rings (SSSR count). The first-order chi connectivity index (χ1) is 9.10. The minimum Gasteiger partial charge on any atom is -0.496 e. The van der Waals surface area contributed by atoms with Crippen molar-refractivity contribution in [2.24, 2.45) is 7.05 Å². The summed E-state index contributed by atoms with van der Waals surface area (Å²) in [6, 6.07) is 5.36. The molecule has 0 aliphatic carbocycles. The SMILES string of the molecule is COc1cc(OC)c(-c2cc(N)n(C)n2)cc1OC. The Labute approximate surface area is 111 Å². The van der Waals surface area contributed by atoms with Crippen molar-refractivity contribution in [1.82, 2.24) is 9.78 Å². The molecule has 0 bridgehead atoms. The summed E-state index contributed by atoms with van der Waals surface area (Å²) in [5, 5.41) is 4.34. The first kappa shape index (κ1) is 13.1. The van der Waals surface area contributed by atoms with E-state index in [0.29, 0.717) is 23.1 Å². The number of rotatable bonds is 4. The number of hydrogen-bond acceptors (Lipinski definition) is 5. The second kappa shape index (κ2) is 5.09. The van der Waals surface area contributed by atoms with Gasteiger partial charge in [-0.1, -0.05) is 0 Å². The molecule has 0 spiro atoms. The smallest absolute Gasteiger partial charge is 0.164 e. The first-order valence-electron chi connectivity index (χ1n) is 5.70. The Morgan fingerprint density at radius 3 is 2.00 bits per heavy atom. The Hall–Kier alpha value is -2.37. The molecule has 0 amide bonds. The van der Waals surface area contributed by atoms with Crippen molar-refractivity contribution >= 4 is 5.82 Å². The highest BCUT2D eigenvalue weighted by Crippen LogP contribution is 2.39. The van der Waals surface area contributed by atoms with Crippen LogP contribution in [-0.2, 0) is 7.05 Å². The molecule has 1 aromatic carbocycles. The van der Waals surface area contributed by atoms with E-state index in [-0.39, 0.29) is 0 Å². The summed E-state index contributed by atoms with van der Waals surface area (Å²) in [7, 11) is 6.54. The highest BCUT2D eigenvalue weighted by molar-refractivity contribution is 5.73. The van der Waals surface area contributed by atoms with Gasteiger partial charge in [-0.15, -0.1) is 0 Å². The molecule has 19 heavy (non-hydrogen) atoms. The van der Waals surface area contributed by atoms with E-state index in [9.17, 15) is 0 Å². The summed E-state index contributed by atoms with van der Waals surface area (Å²) in [5.74, 6) is 2.44. The number of benzene rings is 1. The third-order valence-electron chi connectivity index (χ3n) is 2.90. The van der Waals surface area contributed by atoms with Crippen molar-refractivity contribution in [3.05, 3.63) is 18.2 Å². The number of nitrogens with two attached hydrogens (primary N) is 1. The van der Waals surface area contributed by atoms with E-state index < -0.39 is 0 Å². The van der Waals surface area contributed by atoms with Crippen LogP contribution in [0.4, 0.5) is 5.82 Å². The zero-order chi connectivity index (χ0) is 14.0. The Bertz CT molecular complexity index is 574. The van der Waals surface area contributed by atoms with Gasteiger partial charge in [0.15, 0.2) is 11.5 Å². The van der Waals surface area contributed by atoms with Crippen LogP contribution in [0.15, 0.2) is 18.2 Å². The van der Waals surface area contributed by atoms with Crippen LogP contribution >= 0.6 is 0 Å². The van der Waals surface area contributed by atoms with E-state index >= 15 is 0 Å². The number of nitrogen functional groups attached to an aromatic ring is 1. The fraction of sp³-hybridized carbons (Fsp3) is 0.308. The quantitative estimate of drug-likeness (QED) is 0.909. The van der Waals surface area contributed by atoms with Gasteiger partial charge in [0, 0.05) is 24.7 Å². The standard InChI is InChI=1S/C13H17N3O3/c1-16-13(14)6-9(15-16)8-5-11(18-3)12(19-4)7-10(8)17-2/h5-7H,14H2,1-4H3. The van der Waals surface area contributed by atoms with E-state index in [1.54, 1.807) is 45.2 Å². The maximum Gasteiger partial charge on any atom is 0.164 e. The second-order valence-corrected chi connectivity index (χ2v) is 3.99. The molecule has 0 aliphatic heterocycles. The Morgan fingerprint density at radius 1 is 0.947 bits per heavy atom. The average molecular weight is 263 g/mol. The maximum atomic E-state index is 5.80. The molecular formula is C13H17N3O3. The molecule has 0 unspecified atom stereocenters. The van der Waals surface area contributed by atoms with Crippen molar-refractivity contribution in [3.63, 3.8) is 0 Å². The van der Waals surface area contributed by atoms with Crippen molar-refractivity contribution in [1.29, 1.82) is 0 Å². The number of ether oxygens (including phenoxy) is 3. The molecular weight excluding hydrogens is 246 g/mol. The predicted molar refractivity (Wildman–Crippen MR) is 72.7 cm³/mol. The van der Waals surface area contributed by atoms with Crippen LogP contribution in [0.25, 0.3) is 11.3 Å². The number of hydrogen-bond donors (Lipinski definition) is 1. The van der Waals surface area contributed by atoms with Gasteiger partial charge in [-0.3, -0.25) is 4.68 Å². The summed E-state index contributed by atoms with van der Waals surface area (Å²) in [4.78, 5) is 0. The van der Waals surface area contributed by atoms with Crippen LogP contribution in [0.1, 0.15) is 0 Å². The van der Waals surface area contributed by atoms with Gasteiger partial charge < -0.3 is 19.9 Å². The molecule has 2 aromatic rings. The van der Waals surface area contributed by atoms with E-state index in [1.165, 1.54) is 0 Å². The van der Waals surface area contributed by atoms with Crippen LogP contribution in [-0.4, -0.2) is 31.1 Å². The number of anilines is 1. The molecule has 0 saturated carbocycles. The molecule has 0 aliphatic rings. The van der Waals surface area contributed by atoms with Gasteiger partial charge in [-0.2, -0.15) is 5.10 Å². The van der Waals surface area contributed by atoms with Gasteiger partial charge in [-0.25, -0.2) is 0 Å². The molecule has 2 N–H and O–H groups in total. The van der Waals surface area contributed by atoms with Crippen molar-refractivity contribution in [3.8, 4) is 28.5 Å². The number of aryl methyl sites for hydroxylation is 1. The van der Waals surface area contributed by atoms with Gasteiger partial charge in [0.1, 0.15) is 11.6 Å². The molecule has 0 saturated heterocycles. The molecule has 6 heteroatoms. The van der Waals surface area contributed by atoms with Crippen LogP contribution < -0.4 is 19.9 Å². The van der Waals surface area contributed by atoms with E-state index in [0.717, 1.165) is 11.3 Å². The van der Waals surface area contributed by atoms with E-state index in [4.69, 9.17) is 19.9 Å². The average Bonchev–Trinajstić information content (AvgIpc) is 2.76. The summed E-state index contributed by atoms with van der Waals surface area (Å²) < 4.78 is 17.5. The van der Waals surface area contributed by atoms with E-state index in [2.05, 4.69) is 5.10 Å². The fourth-order valence-electron chi connectivity index (χ4n) is 1.84. The highest BCUT2D eigenvalue weighted by atomic mass is 16.5. The van der Waals surface area contributed by atoms with Crippen molar-refractivity contribution < 1.29 is 14.2 Å². The molecule has 0 radical (unpaired) electrons. The lowest BCUT2D eigenvalue weighted by molar-refractivity contribution is 0.349. The predicted octanol–water partition coefficient (Wildman–Crippen LogP) is 1.70. The summed E-state index contributed by atoms with van der Waals surface area (Å²) in [5.41, 5.74) is 7.32. The maximum absolute atomic E-state index is 5.80. The third kappa shape index (κ3) is 2.29. The van der Waals surface area contributed by atoms with Crippen molar-refractivity contribution in [2.45, 2.75) is 0 Å². The zero-order valence-electron chi connectivity index (χ0n) is 11.4. The van der Waals surface area contributed by atoms with Gasteiger partial charge in [0.05, 0.1) is 27.0 Å². The minimum absolute atomic E-state index is 0.576. The monoisotopic (exact) mass is 263 g/mol. The van der Waals surface area contributed by atoms with Gasteiger partial charge >= 0.3 is 0 Å². The van der Waals surface area contributed by atoms with Gasteiger partial charge in [-0.05, 0) is 6.07 Å². The molecule has 6 nitrogen and oxygen atoms in total. The lowest BCUT2D eigenvalue weighted by Gasteiger charge is -2.12. The fourth-order valence-corrected chi connectivity index (χ4v) is 1.84. The molecule has 1 aromatic heterocycles. The Kier molecular flexibility index (Phi) is 3.50. The molecule has 1 heterocycles. The van der Waals surface area contributed by atoms with E-state index in [1.807, 2.05) is 6.07 Å². The van der Waals surface area contributed by atoms with Gasteiger partial charge in [0.25, 0.3) is 0 Å². The zero-order valence-corrected chi connectivity index (χ0v) is 11.4. The number of methoxy groups -OCH3 is 3. The van der Waals surface area contributed by atoms with Crippen molar-refractivity contribution in [2.75, 3.05) is 27.1 Å². The molecule has 0 fully saturated rings.